The van der Waals surface area contributed by atoms with Gasteiger partial charge in [-0.3, -0.25) is 4.57 Å². The molecule has 0 amide bonds. The molecule has 0 bridgehead atoms. The summed E-state index contributed by atoms with van der Waals surface area (Å²) in [6.45, 7) is 2.08. The van der Waals surface area contributed by atoms with Crippen LogP contribution in [0.25, 0.3) is 5.69 Å². The normalized spacial score (nSPS) is 10.8. The lowest BCUT2D eigenvalue weighted by Gasteiger charge is -2.12. The van der Waals surface area contributed by atoms with E-state index in [-0.39, 0.29) is 5.95 Å². The predicted molar refractivity (Wildman–Crippen MR) is 96.4 cm³/mol. The Kier molecular flexibility index (Phi) is 4.66. The van der Waals surface area contributed by atoms with E-state index in [1.165, 1.54) is 5.56 Å². The van der Waals surface area contributed by atoms with Gasteiger partial charge in [0, 0.05) is 26.5 Å². The number of hydrogen-bond donors (Lipinski definition) is 1. The topological polar surface area (TPSA) is 85.8 Å². The Balaban J connectivity index is 1.82. The van der Waals surface area contributed by atoms with Gasteiger partial charge in [-0.25, -0.2) is 4.98 Å². The number of para-hydroxylation sites is 1. The summed E-state index contributed by atoms with van der Waals surface area (Å²) in [5.41, 5.74) is 8.07. The number of hydrogen-bond acceptors (Lipinski definition) is 7. The summed E-state index contributed by atoms with van der Waals surface area (Å²) < 4.78 is 2.07. The summed E-state index contributed by atoms with van der Waals surface area (Å²) in [6, 6.07) is 8.21. The van der Waals surface area contributed by atoms with Gasteiger partial charge in [-0.2, -0.15) is 15.0 Å². The van der Waals surface area contributed by atoms with Crippen LogP contribution in [0.2, 0.25) is 0 Å². The fourth-order valence-corrected chi connectivity index (χ4v) is 3.05. The molecule has 0 aliphatic heterocycles. The van der Waals surface area contributed by atoms with Crippen LogP contribution in [0.3, 0.4) is 0 Å². The Bertz CT molecular complexity index is 844. The van der Waals surface area contributed by atoms with E-state index in [4.69, 9.17) is 5.73 Å². The molecular weight excluding hydrogens is 322 g/mol. The SMILES string of the molecule is Cc1ccccc1-n1ccnc1SCc1nc(N)nc(N(C)C)n1. The highest BCUT2D eigenvalue weighted by Crippen LogP contribution is 2.25. The van der Waals surface area contributed by atoms with Crippen molar-refractivity contribution in [2.75, 3.05) is 24.7 Å². The van der Waals surface area contributed by atoms with Crippen molar-refractivity contribution in [2.24, 2.45) is 0 Å². The maximum atomic E-state index is 5.77. The molecule has 2 heterocycles. The van der Waals surface area contributed by atoms with E-state index in [2.05, 4.69) is 43.6 Å². The molecule has 3 aromatic rings. The summed E-state index contributed by atoms with van der Waals surface area (Å²) in [7, 11) is 3.74. The molecule has 2 aromatic heterocycles. The van der Waals surface area contributed by atoms with E-state index in [0.29, 0.717) is 17.5 Å². The van der Waals surface area contributed by atoms with Gasteiger partial charge in [0.25, 0.3) is 0 Å². The smallest absolute Gasteiger partial charge is 0.229 e. The molecule has 0 aliphatic carbocycles. The van der Waals surface area contributed by atoms with Crippen LogP contribution in [-0.2, 0) is 5.75 Å². The molecule has 0 unspecified atom stereocenters. The Morgan fingerprint density at radius 1 is 1.17 bits per heavy atom. The maximum absolute atomic E-state index is 5.77. The van der Waals surface area contributed by atoms with Gasteiger partial charge in [0.15, 0.2) is 5.16 Å². The molecule has 0 radical (unpaired) electrons. The van der Waals surface area contributed by atoms with Crippen molar-refractivity contribution >= 4 is 23.7 Å². The number of aromatic nitrogens is 5. The number of rotatable bonds is 5. The quantitative estimate of drug-likeness (QED) is 0.713. The van der Waals surface area contributed by atoms with Crippen LogP contribution in [0.15, 0.2) is 41.8 Å². The molecule has 0 spiro atoms. The molecule has 0 fully saturated rings. The maximum Gasteiger partial charge on any atom is 0.229 e. The molecule has 0 saturated carbocycles. The number of nitrogens with zero attached hydrogens (tertiary/aromatic N) is 6. The van der Waals surface area contributed by atoms with Crippen LogP contribution in [0.4, 0.5) is 11.9 Å². The van der Waals surface area contributed by atoms with Gasteiger partial charge in [-0.05, 0) is 18.6 Å². The highest BCUT2D eigenvalue weighted by atomic mass is 32.2. The Morgan fingerprint density at radius 2 is 1.96 bits per heavy atom. The molecule has 3 rings (SSSR count). The standard InChI is InChI=1S/C16H19N7S/c1-11-6-4-5-7-12(11)23-9-8-18-16(23)24-10-13-19-14(17)21-15(20-13)22(2)3/h4-9H,10H2,1-3H3,(H2,17,19,20,21). The van der Waals surface area contributed by atoms with Crippen LogP contribution in [0, 0.1) is 6.92 Å². The fraction of sp³-hybridized carbons (Fsp3) is 0.250. The molecule has 0 atom stereocenters. The highest BCUT2D eigenvalue weighted by Gasteiger charge is 2.11. The van der Waals surface area contributed by atoms with E-state index in [0.717, 1.165) is 10.8 Å². The van der Waals surface area contributed by atoms with Crippen molar-refractivity contribution in [3.05, 3.63) is 48.0 Å². The summed E-state index contributed by atoms with van der Waals surface area (Å²) in [5, 5.41) is 0.884. The molecule has 24 heavy (non-hydrogen) atoms. The minimum atomic E-state index is 0.228. The van der Waals surface area contributed by atoms with Gasteiger partial charge >= 0.3 is 0 Å². The van der Waals surface area contributed by atoms with Gasteiger partial charge in [0.2, 0.25) is 11.9 Å². The average Bonchev–Trinajstić information content (AvgIpc) is 3.01. The van der Waals surface area contributed by atoms with Crippen molar-refractivity contribution in [3.63, 3.8) is 0 Å². The Morgan fingerprint density at radius 3 is 2.71 bits per heavy atom. The first-order valence-electron chi connectivity index (χ1n) is 7.44. The van der Waals surface area contributed by atoms with Gasteiger partial charge in [0.1, 0.15) is 5.82 Å². The van der Waals surface area contributed by atoms with Crippen molar-refractivity contribution in [2.45, 2.75) is 17.8 Å². The largest absolute Gasteiger partial charge is 0.368 e. The van der Waals surface area contributed by atoms with Crippen LogP contribution in [0.5, 0.6) is 0 Å². The lowest BCUT2D eigenvalue weighted by molar-refractivity contribution is 0.880. The summed E-state index contributed by atoms with van der Waals surface area (Å²) in [6.07, 6.45) is 3.75. The second kappa shape index (κ2) is 6.88. The predicted octanol–water partition coefficient (Wildman–Crippen LogP) is 2.31. The van der Waals surface area contributed by atoms with E-state index >= 15 is 0 Å². The molecule has 7 nitrogen and oxygen atoms in total. The highest BCUT2D eigenvalue weighted by molar-refractivity contribution is 7.98. The minimum Gasteiger partial charge on any atom is -0.368 e. The first-order valence-corrected chi connectivity index (χ1v) is 8.43. The van der Waals surface area contributed by atoms with Crippen molar-refractivity contribution < 1.29 is 0 Å². The van der Waals surface area contributed by atoms with E-state index in [1.807, 2.05) is 32.4 Å². The van der Waals surface area contributed by atoms with Crippen LogP contribution in [-0.4, -0.2) is 38.6 Å². The number of anilines is 2. The zero-order chi connectivity index (χ0) is 17.1. The van der Waals surface area contributed by atoms with Gasteiger partial charge in [-0.1, -0.05) is 30.0 Å². The number of benzene rings is 1. The Hall–Kier alpha value is -2.61. The third kappa shape index (κ3) is 3.48. The van der Waals surface area contributed by atoms with Crippen LogP contribution in [0.1, 0.15) is 11.4 Å². The number of thioether (sulfide) groups is 1. The molecule has 8 heteroatoms. The molecule has 1 aromatic carbocycles. The fourth-order valence-electron chi connectivity index (χ4n) is 2.23. The van der Waals surface area contributed by atoms with Gasteiger partial charge in [-0.15, -0.1) is 0 Å². The lowest BCUT2D eigenvalue weighted by Crippen LogP contribution is -2.16. The molecule has 0 aliphatic rings. The molecule has 0 saturated heterocycles. The lowest BCUT2D eigenvalue weighted by atomic mass is 10.2. The number of aryl methyl sites for hydroxylation is 1. The van der Waals surface area contributed by atoms with Gasteiger partial charge in [0.05, 0.1) is 11.4 Å². The average molecular weight is 341 g/mol. The van der Waals surface area contributed by atoms with Crippen LogP contribution < -0.4 is 10.6 Å². The summed E-state index contributed by atoms with van der Waals surface area (Å²) in [5.74, 6) is 1.98. The minimum absolute atomic E-state index is 0.228. The number of imidazole rings is 1. The van der Waals surface area contributed by atoms with Gasteiger partial charge < -0.3 is 10.6 Å². The molecule has 2 N–H and O–H groups in total. The molecular formula is C16H19N7S. The summed E-state index contributed by atoms with van der Waals surface area (Å²) >= 11 is 1.56. The zero-order valence-electron chi connectivity index (χ0n) is 13.8. The first-order chi connectivity index (χ1) is 11.5. The second-order valence-corrected chi connectivity index (χ2v) is 6.40. The third-order valence-corrected chi connectivity index (χ3v) is 4.36. The molecule has 124 valence electrons. The Labute approximate surface area is 145 Å². The van der Waals surface area contributed by atoms with E-state index in [1.54, 1.807) is 22.9 Å². The second-order valence-electron chi connectivity index (χ2n) is 5.46. The summed E-state index contributed by atoms with van der Waals surface area (Å²) in [4.78, 5) is 19.0. The van der Waals surface area contributed by atoms with E-state index < -0.39 is 0 Å². The number of nitrogen functional groups attached to an aromatic ring is 1. The number of nitrogens with two attached hydrogens (primary N) is 1. The first kappa shape index (κ1) is 16.3. The van der Waals surface area contributed by atoms with Crippen molar-refractivity contribution in [1.29, 1.82) is 0 Å². The zero-order valence-corrected chi connectivity index (χ0v) is 14.7. The van der Waals surface area contributed by atoms with Crippen LogP contribution >= 0.6 is 11.8 Å². The van der Waals surface area contributed by atoms with Crippen molar-refractivity contribution in [1.82, 2.24) is 24.5 Å². The third-order valence-electron chi connectivity index (χ3n) is 3.40. The monoisotopic (exact) mass is 341 g/mol. The van der Waals surface area contributed by atoms with Crippen molar-refractivity contribution in [3.8, 4) is 5.69 Å². The van der Waals surface area contributed by atoms with E-state index in [9.17, 15) is 0 Å².